The fourth-order valence-electron chi connectivity index (χ4n) is 3.26. The van der Waals surface area contributed by atoms with Gasteiger partial charge in [0, 0.05) is 41.7 Å². The molecule has 2 amide bonds. The van der Waals surface area contributed by atoms with E-state index >= 15 is 0 Å². The maximum Gasteiger partial charge on any atom is 0.433 e. The Labute approximate surface area is 202 Å². The number of anilines is 2. The Bertz CT molecular complexity index is 1460. The summed E-state index contributed by atoms with van der Waals surface area (Å²) < 4.78 is 38.8. The number of carbonyl (C=O) groups is 2. The van der Waals surface area contributed by atoms with Gasteiger partial charge in [-0.2, -0.15) is 13.2 Å². The summed E-state index contributed by atoms with van der Waals surface area (Å²) in [5.41, 5.74) is 1.67. The third-order valence-electron chi connectivity index (χ3n) is 4.93. The highest BCUT2D eigenvalue weighted by Gasteiger charge is 2.33. The molecular weight excluding hydrogens is 475 g/mol. The standard InChI is InChI=1S/C24H18F3N7O2/c1-13-18(20-12-28-11-19(34-20)15-3-6-30-22(8-15)32-14(2)35)9-17(10-31-13)33-23(36)16-4-5-29-21(7-16)24(25,26)27/h3-12H,1-2H3,(H,33,36)(H,30,32,35). The van der Waals surface area contributed by atoms with Crippen molar-refractivity contribution < 1.29 is 22.8 Å². The Balaban J connectivity index is 1.62. The minimum atomic E-state index is -4.67. The molecule has 4 heterocycles. The zero-order valence-corrected chi connectivity index (χ0v) is 19.0. The van der Waals surface area contributed by atoms with Crippen molar-refractivity contribution in [1.29, 1.82) is 0 Å². The van der Waals surface area contributed by atoms with Gasteiger partial charge in [0.15, 0.2) is 0 Å². The summed E-state index contributed by atoms with van der Waals surface area (Å²) >= 11 is 0. The first-order chi connectivity index (χ1) is 17.1. The molecule has 0 saturated carbocycles. The van der Waals surface area contributed by atoms with Crippen molar-refractivity contribution in [3.8, 4) is 22.5 Å². The van der Waals surface area contributed by atoms with Crippen LogP contribution in [0.25, 0.3) is 22.5 Å². The van der Waals surface area contributed by atoms with Crippen molar-refractivity contribution in [3.63, 3.8) is 0 Å². The lowest BCUT2D eigenvalue weighted by Gasteiger charge is -2.11. The molecule has 0 aromatic carbocycles. The highest BCUT2D eigenvalue weighted by atomic mass is 19.4. The molecule has 9 nitrogen and oxygen atoms in total. The average Bonchev–Trinajstić information content (AvgIpc) is 2.84. The summed E-state index contributed by atoms with van der Waals surface area (Å²) in [5.74, 6) is -0.650. The molecule has 4 aromatic rings. The van der Waals surface area contributed by atoms with Crippen LogP contribution in [0.2, 0.25) is 0 Å². The number of aromatic nitrogens is 5. The number of hydrogen-bond acceptors (Lipinski definition) is 7. The summed E-state index contributed by atoms with van der Waals surface area (Å²) in [7, 11) is 0. The summed E-state index contributed by atoms with van der Waals surface area (Å²) in [6, 6.07) is 6.84. The van der Waals surface area contributed by atoms with E-state index in [1.54, 1.807) is 31.3 Å². The Kier molecular flexibility index (Phi) is 6.68. The summed E-state index contributed by atoms with van der Waals surface area (Å²) in [4.78, 5) is 44.4. The van der Waals surface area contributed by atoms with E-state index < -0.39 is 17.8 Å². The highest BCUT2D eigenvalue weighted by Crippen LogP contribution is 2.29. The molecule has 182 valence electrons. The second kappa shape index (κ2) is 9.86. The van der Waals surface area contributed by atoms with Crippen molar-refractivity contribution >= 4 is 23.3 Å². The highest BCUT2D eigenvalue weighted by molar-refractivity contribution is 6.04. The van der Waals surface area contributed by atoms with Crippen molar-refractivity contribution in [2.45, 2.75) is 20.0 Å². The number of halogens is 3. The first-order valence-corrected chi connectivity index (χ1v) is 10.5. The molecule has 0 aliphatic rings. The van der Waals surface area contributed by atoms with Crippen LogP contribution in [0.4, 0.5) is 24.7 Å². The first kappa shape index (κ1) is 24.4. The average molecular weight is 493 g/mol. The monoisotopic (exact) mass is 493 g/mol. The van der Waals surface area contributed by atoms with Gasteiger partial charge in [0.25, 0.3) is 5.91 Å². The maximum atomic E-state index is 12.9. The number of alkyl halides is 3. The van der Waals surface area contributed by atoms with Gasteiger partial charge < -0.3 is 10.6 Å². The lowest BCUT2D eigenvalue weighted by Crippen LogP contribution is -2.15. The Morgan fingerprint density at radius 1 is 0.889 bits per heavy atom. The van der Waals surface area contributed by atoms with Gasteiger partial charge in [-0.25, -0.2) is 9.97 Å². The zero-order valence-electron chi connectivity index (χ0n) is 19.0. The molecule has 2 N–H and O–H groups in total. The topological polar surface area (TPSA) is 123 Å². The number of nitrogens with one attached hydrogen (secondary N) is 2. The van der Waals surface area contributed by atoms with Gasteiger partial charge >= 0.3 is 6.18 Å². The lowest BCUT2D eigenvalue weighted by molar-refractivity contribution is -0.141. The molecule has 0 bridgehead atoms. The molecule has 0 aliphatic heterocycles. The van der Waals surface area contributed by atoms with E-state index in [9.17, 15) is 22.8 Å². The van der Waals surface area contributed by atoms with Gasteiger partial charge in [-0.1, -0.05) is 0 Å². The van der Waals surface area contributed by atoms with E-state index in [0.29, 0.717) is 40.1 Å². The van der Waals surface area contributed by atoms with Crippen LogP contribution in [0, 0.1) is 6.92 Å². The van der Waals surface area contributed by atoms with Gasteiger partial charge in [-0.3, -0.25) is 24.5 Å². The molecular formula is C24H18F3N7O2. The van der Waals surface area contributed by atoms with Gasteiger partial charge in [0.2, 0.25) is 5.91 Å². The van der Waals surface area contributed by atoms with Gasteiger partial charge in [-0.15, -0.1) is 0 Å². The normalized spacial score (nSPS) is 11.1. The number of amides is 2. The second-order valence-corrected chi connectivity index (χ2v) is 7.64. The Hall–Kier alpha value is -4.74. The van der Waals surface area contributed by atoms with Crippen LogP contribution in [-0.4, -0.2) is 36.7 Å². The van der Waals surface area contributed by atoms with Crippen molar-refractivity contribution in [2.75, 3.05) is 10.6 Å². The molecule has 36 heavy (non-hydrogen) atoms. The zero-order chi connectivity index (χ0) is 25.9. The molecule has 4 rings (SSSR count). The summed E-state index contributed by atoms with van der Waals surface area (Å²) in [5, 5.41) is 5.16. The van der Waals surface area contributed by atoms with Crippen LogP contribution >= 0.6 is 0 Å². The lowest BCUT2D eigenvalue weighted by atomic mass is 10.1. The summed E-state index contributed by atoms with van der Waals surface area (Å²) in [6.07, 6.45) is 2.24. The maximum absolute atomic E-state index is 12.9. The second-order valence-electron chi connectivity index (χ2n) is 7.64. The number of carbonyl (C=O) groups excluding carboxylic acids is 2. The van der Waals surface area contributed by atoms with Crippen molar-refractivity contribution in [2.24, 2.45) is 0 Å². The predicted octanol–water partition coefficient (Wildman–Crippen LogP) is 4.53. The van der Waals surface area contributed by atoms with E-state index in [2.05, 4.69) is 35.6 Å². The quantitative estimate of drug-likeness (QED) is 0.419. The molecule has 0 radical (unpaired) electrons. The molecule has 0 fully saturated rings. The molecule has 0 spiro atoms. The minimum absolute atomic E-state index is 0.200. The van der Waals surface area contributed by atoms with Gasteiger partial charge in [0.05, 0.1) is 35.7 Å². The van der Waals surface area contributed by atoms with E-state index in [-0.39, 0.29) is 17.2 Å². The van der Waals surface area contributed by atoms with Crippen molar-refractivity contribution in [1.82, 2.24) is 24.9 Å². The number of pyridine rings is 3. The number of hydrogen-bond donors (Lipinski definition) is 2. The first-order valence-electron chi connectivity index (χ1n) is 10.5. The van der Waals surface area contributed by atoms with E-state index in [4.69, 9.17) is 0 Å². The van der Waals surface area contributed by atoms with Crippen LogP contribution in [0.3, 0.4) is 0 Å². The SMILES string of the molecule is CC(=O)Nc1cc(-c2cncc(-c3cc(NC(=O)c4ccnc(C(F)(F)F)c4)cnc3C)n2)ccn1. The minimum Gasteiger partial charge on any atom is -0.321 e. The van der Waals surface area contributed by atoms with Crippen LogP contribution in [-0.2, 0) is 11.0 Å². The van der Waals surface area contributed by atoms with Crippen LogP contribution in [0.1, 0.15) is 28.7 Å². The third-order valence-corrected chi connectivity index (χ3v) is 4.93. The van der Waals surface area contributed by atoms with E-state index in [1.807, 2.05) is 0 Å². The Morgan fingerprint density at radius 3 is 2.39 bits per heavy atom. The summed E-state index contributed by atoms with van der Waals surface area (Å²) in [6.45, 7) is 3.12. The molecule has 0 aliphatic carbocycles. The molecule has 0 atom stereocenters. The largest absolute Gasteiger partial charge is 0.433 e. The predicted molar refractivity (Wildman–Crippen MR) is 125 cm³/mol. The number of rotatable bonds is 5. The smallest absolute Gasteiger partial charge is 0.321 e. The fourth-order valence-corrected chi connectivity index (χ4v) is 3.26. The molecule has 4 aromatic heterocycles. The molecule has 12 heteroatoms. The van der Waals surface area contributed by atoms with E-state index in [1.165, 1.54) is 31.6 Å². The number of nitrogens with zero attached hydrogens (tertiary/aromatic N) is 5. The Morgan fingerprint density at radius 2 is 1.64 bits per heavy atom. The van der Waals surface area contributed by atoms with Gasteiger partial charge in [0.1, 0.15) is 11.5 Å². The van der Waals surface area contributed by atoms with Crippen LogP contribution in [0.15, 0.2) is 61.3 Å². The van der Waals surface area contributed by atoms with Crippen LogP contribution in [0.5, 0.6) is 0 Å². The fraction of sp³-hybridized carbons (Fsp3) is 0.125. The number of aryl methyl sites for hydroxylation is 1. The van der Waals surface area contributed by atoms with Crippen LogP contribution < -0.4 is 10.6 Å². The molecule has 0 saturated heterocycles. The molecule has 0 unspecified atom stereocenters. The van der Waals surface area contributed by atoms with Gasteiger partial charge in [-0.05, 0) is 37.3 Å². The van der Waals surface area contributed by atoms with Crippen molar-refractivity contribution in [3.05, 3.63) is 78.3 Å². The third kappa shape index (κ3) is 5.66. The van der Waals surface area contributed by atoms with E-state index in [0.717, 1.165) is 6.20 Å².